The first-order valence-electron chi connectivity index (χ1n) is 11.1. The highest BCUT2D eigenvalue weighted by Gasteiger charge is 2.71. The topological polar surface area (TPSA) is 22.1 Å². The maximum atomic E-state index is 13.4. The second-order valence-electron chi connectivity index (χ2n) is 9.84. The van der Waals surface area contributed by atoms with Gasteiger partial charge in [0.15, 0.2) is 6.10 Å². The van der Waals surface area contributed by atoms with Gasteiger partial charge in [0.25, 0.3) is 0 Å². The van der Waals surface area contributed by atoms with E-state index in [1.807, 2.05) is 6.07 Å². The average molecular weight is 551 g/mol. The Bertz CT molecular complexity index is 1010. The van der Waals surface area contributed by atoms with Crippen LogP contribution in [0.2, 0.25) is 0 Å². The van der Waals surface area contributed by atoms with Crippen LogP contribution in [-0.2, 0) is 18.9 Å². The van der Waals surface area contributed by atoms with Crippen LogP contribution in [-0.4, -0.2) is 34.2 Å². The van der Waals surface area contributed by atoms with Gasteiger partial charge in [0, 0.05) is 30.2 Å². The molecule has 3 heterocycles. The second-order valence-corrected chi connectivity index (χ2v) is 9.84. The zero-order valence-electron chi connectivity index (χ0n) is 18.5. The molecular formula is C24H25BrF6N2O. The number of quaternary nitrogens is 1. The third kappa shape index (κ3) is 4.00. The Morgan fingerprint density at radius 3 is 2.26 bits per heavy atom. The molecule has 2 aromatic rings. The molecular weight excluding hydrogens is 526 g/mol. The lowest BCUT2D eigenvalue weighted by Crippen LogP contribution is -3.00. The van der Waals surface area contributed by atoms with Gasteiger partial charge in [-0.3, -0.25) is 0 Å². The average Bonchev–Trinajstić information content (AvgIpc) is 3.30. The first-order valence-corrected chi connectivity index (χ1v) is 11.1. The fraction of sp³-hybridized carbons (Fsp3) is 0.542. The van der Waals surface area contributed by atoms with Crippen LogP contribution in [0.3, 0.4) is 0 Å². The van der Waals surface area contributed by atoms with Crippen molar-refractivity contribution in [2.45, 2.75) is 56.7 Å². The molecule has 0 spiro atoms. The van der Waals surface area contributed by atoms with E-state index in [-0.39, 0.29) is 52.7 Å². The number of hydrogen-bond donors (Lipinski definition) is 0. The molecule has 10 heteroatoms. The fourth-order valence-corrected chi connectivity index (χ4v) is 6.87. The summed E-state index contributed by atoms with van der Waals surface area (Å²) in [6.07, 6.45) is -5.37. The molecule has 3 nitrogen and oxygen atoms in total. The highest BCUT2D eigenvalue weighted by Crippen LogP contribution is 2.61. The van der Waals surface area contributed by atoms with Gasteiger partial charge < -0.3 is 26.2 Å². The van der Waals surface area contributed by atoms with E-state index in [2.05, 4.69) is 11.9 Å². The van der Waals surface area contributed by atoms with Crippen molar-refractivity contribution in [1.82, 2.24) is 4.98 Å². The third-order valence-corrected chi connectivity index (χ3v) is 8.35. The van der Waals surface area contributed by atoms with Crippen LogP contribution in [0, 0.1) is 11.8 Å². The van der Waals surface area contributed by atoms with Crippen LogP contribution in [0.15, 0.2) is 42.6 Å². The predicted molar refractivity (Wildman–Crippen MR) is 108 cm³/mol. The molecule has 0 radical (unpaired) electrons. The van der Waals surface area contributed by atoms with Crippen molar-refractivity contribution in [1.29, 1.82) is 0 Å². The van der Waals surface area contributed by atoms with Crippen molar-refractivity contribution in [2.24, 2.45) is 11.8 Å². The van der Waals surface area contributed by atoms with Crippen molar-refractivity contribution in [3.63, 3.8) is 0 Å². The van der Waals surface area contributed by atoms with Gasteiger partial charge in [-0.15, -0.1) is 0 Å². The lowest BCUT2D eigenvalue weighted by atomic mass is 9.83. The van der Waals surface area contributed by atoms with Gasteiger partial charge in [-0.25, -0.2) is 4.98 Å². The van der Waals surface area contributed by atoms with Crippen molar-refractivity contribution in [3.05, 3.63) is 59.3 Å². The molecule has 3 aliphatic rings. The van der Waals surface area contributed by atoms with Crippen LogP contribution in [0.1, 0.15) is 42.9 Å². The van der Waals surface area contributed by atoms with E-state index in [0.717, 1.165) is 37.9 Å². The van der Waals surface area contributed by atoms with Gasteiger partial charge >= 0.3 is 12.4 Å². The Kier molecular flexibility index (Phi) is 6.24. The summed E-state index contributed by atoms with van der Waals surface area (Å²) in [4.78, 5) is 4.25. The fourth-order valence-electron chi connectivity index (χ4n) is 6.87. The van der Waals surface area contributed by atoms with E-state index in [0.29, 0.717) is 22.8 Å². The summed E-state index contributed by atoms with van der Waals surface area (Å²) in [6, 6.07) is 7.35. The molecule has 1 aromatic heterocycles. The zero-order chi connectivity index (χ0) is 23.6. The SMILES string of the molecule is C[C@@]12[C@H]3CC[C@@H]1[C@H](Oc1ccccn1)C[N@+]2(Cc1cc(C(F)(F)F)cc(C(F)(F)F)c1)CC3.[Br-]. The summed E-state index contributed by atoms with van der Waals surface area (Å²) in [5, 5.41) is 0. The second kappa shape index (κ2) is 8.40. The number of pyridine rings is 1. The Morgan fingerprint density at radius 1 is 1.00 bits per heavy atom. The molecule has 0 amide bonds. The van der Waals surface area contributed by atoms with Crippen LogP contribution in [0.4, 0.5) is 26.3 Å². The highest BCUT2D eigenvalue weighted by atomic mass is 79.9. The van der Waals surface area contributed by atoms with Gasteiger partial charge in [0.1, 0.15) is 18.6 Å². The summed E-state index contributed by atoms with van der Waals surface area (Å²) in [7, 11) is 0. The molecule has 1 saturated carbocycles. The molecule has 3 fully saturated rings. The van der Waals surface area contributed by atoms with Crippen LogP contribution in [0.5, 0.6) is 5.88 Å². The van der Waals surface area contributed by atoms with Crippen molar-refractivity contribution in [2.75, 3.05) is 13.1 Å². The minimum absolute atomic E-state index is 0. The van der Waals surface area contributed by atoms with E-state index >= 15 is 0 Å². The van der Waals surface area contributed by atoms with E-state index < -0.39 is 23.5 Å². The van der Waals surface area contributed by atoms with E-state index in [1.54, 1.807) is 18.3 Å². The third-order valence-electron chi connectivity index (χ3n) is 8.35. The smallest absolute Gasteiger partial charge is 0.416 e. The van der Waals surface area contributed by atoms with Crippen molar-refractivity contribution in [3.8, 4) is 5.88 Å². The molecule has 5 rings (SSSR count). The Morgan fingerprint density at radius 2 is 1.68 bits per heavy atom. The zero-order valence-corrected chi connectivity index (χ0v) is 20.1. The molecule has 186 valence electrons. The van der Waals surface area contributed by atoms with Gasteiger partial charge in [0.2, 0.25) is 5.88 Å². The lowest BCUT2D eigenvalue weighted by Gasteiger charge is -2.43. The number of rotatable bonds is 4. The standard InChI is InChI=1S/C24H25F6N2O.BrH/c1-22-16-5-6-19(22)20(33-21-4-2-3-8-31-21)14-32(22,9-7-16)13-15-10-17(23(25,26)27)12-18(11-15)24(28,29)30;/h2-4,8,10-12,16,19-20H,5-7,9,13-14H2,1H3;1H/q+1;/p-1/t16-,19+,20+,22+,32+;/m0./s1. The Labute approximate surface area is 204 Å². The van der Waals surface area contributed by atoms with Gasteiger partial charge in [0.05, 0.1) is 23.6 Å². The number of benzene rings is 1. The van der Waals surface area contributed by atoms with Crippen molar-refractivity contribution < 1.29 is 52.5 Å². The molecule has 0 bridgehead atoms. The molecule has 0 N–H and O–H groups in total. The maximum absolute atomic E-state index is 13.4. The highest BCUT2D eigenvalue weighted by molar-refractivity contribution is 5.33. The molecule has 34 heavy (non-hydrogen) atoms. The minimum atomic E-state index is -4.85. The van der Waals surface area contributed by atoms with Gasteiger partial charge in [-0.05, 0) is 44.0 Å². The number of hydrogen-bond acceptors (Lipinski definition) is 2. The number of ether oxygens (including phenoxy) is 1. The predicted octanol–water partition coefficient (Wildman–Crippen LogP) is 3.09. The summed E-state index contributed by atoms with van der Waals surface area (Å²) in [5.74, 6) is 1.06. The first kappa shape index (κ1) is 25.3. The monoisotopic (exact) mass is 550 g/mol. The summed E-state index contributed by atoms with van der Waals surface area (Å²) in [5.41, 5.74) is -2.68. The summed E-state index contributed by atoms with van der Waals surface area (Å²) < 4.78 is 87.3. The Hall–Kier alpha value is -1.81. The van der Waals surface area contributed by atoms with E-state index in [1.165, 1.54) is 0 Å². The quantitative estimate of drug-likeness (QED) is 0.431. The summed E-state index contributed by atoms with van der Waals surface area (Å²) in [6.45, 7) is 3.55. The largest absolute Gasteiger partial charge is 1.00 e. The summed E-state index contributed by atoms with van der Waals surface area (Å²) >= 11 is 0. The molecule has 1 aliphatic carbocycles. The lowest BCUT2D eigenvalue weighted by molar-refractivity contribution is -0.966. The molecule has 5 atom stereocenters. The van der Waals surface area contributed by atoms with E-state index in [4.69, 9.17) is 4.74 Å². The van der Waals surface area contributed by atoms with E-state index in [9.17, 15) is 26.3 Å². The van der Waals surface area contributed by atoms with Gasteiger partial charge in [-0.1, -0.05) is 6.07 Å². The number of aromatic nitrogens is 1. The Balaban J connectivity index is 0.00000274. The van der Waals surface area contributed by atoms with Gasteiger partial charge in [-0.2, -0.15) is 26.3 Å². The molecule has 1 aromatic carbocycles. The molecule has 2 aliphatic heterocycles. The number of alkyl halides is 6. The minimum Gasteiger partial charge on any atom is -1.00 e. The van der Waals surface area contributed by atoms with Crippen molar-refractivity contribution >= 4 is 0 Å². The van der Waals surface area contributed by atoms with Crippen LogP contribution < -0.4 is 21.7 Å². The maximum Gasteiger partial charge on any atom is 0.416 e. The molecule has 0 unspecified atom stereocenters. The number of nitrogens with zero attached hydrogens (tertiary/aromatic N) is 2. The first-order chi connectivity index (χ1) is 15.4. The molecule has 2 saturated heterocycles. The van der Waals surface area contributed by atoms with Crippen LogP contribution >= 0.6 is 0 Å². The normalized spacial score (nSPS) is 32.4. The van der Waals surface area contributed by atoms with Crippen LogP contribution in [0.25, 0.3) is 0 Å². The number of halogens is 7.